The quantitative estimate of drug-likeness (QED) is 0.384. The van der Waals surface area contributed by atoms with Gasteiger partial charge < -0.3 is 22.0 Å². The van der Waals surface area contributed by atoms with Crippen LogP contribution in [0, 0.1) is 0 Å². The van der Waals surface area contributed by atoms with E-state index in [2.05, 4.69) is 20.2 Å². The van der Waals surface area contributed by atoms with Gasteiger partial charge in [-0.1, -0.05) is 12.7 Å². The Labute approximate surface area is 87.6 Å². The highest BCUT2D eigenvalue weighted by molar-refractivity contribution is 4.69. The van der Waals surface area contributed by atoms with Crippen LogP contribution < -0.4 is 12.4 Å². The van der Waals surface area contributed by atoms with E-state index in [1.165, 1.54) is 0 Å². The molecule has 1 atom stereocenters. The van der Waals surface area contributed by atoms with E-state index in [9.17, 15) is 0 Å². The van der Waals surface area contributed by atoms with E-state index in [1.54, 1.807) is 0 Å². The van der Waals surface area contributed by atoms with Crippen LogP contribution in [-0.2, 0) is 0 Å². The van der Waals surface area contributed by atoms with Crippen molar-refractivity contribution in [2.45, 2.75) is 6.42 Å². The maximum atomic E-state index is 8.85. The van der Waals surface area contributed by atoms with Gasteiger partial charge in [0.2, 0.25) is 0 Å². The molecule has 0 spiro atoms. The number of aliphatic hydroxyl groups is 1. The summed E-state index contributed by atoms with van der Waals surface area (Å²) >= 11 is 0. The van der Waals surface area contributed by atoms with Gasteiger partial charge in [0.25, 0.3) is 0 Å². The van der Waals surface area contributed by atoms with Gasteiger partial charge >= 0.3 is 0 Å². The summed E-state index contributed by atoms with van der Waals surface area (Å²) in [6.07, 6.45) is 4.81. The van der Waals surface area contributed by atoms with Crippen LogP contribution in [0.1, 0.15) is 6.42 Å². The Hall–Kier alpha value is -0.310. The third kappa shape index (κ3) is 6.82. The van der Waals surface area contributed by atoms with Gasteiger partial charge in [-0.05, 0) is 6.08 Å². The summed E-state index contributed by atoms with van der Waals surface area (Å²) in [6, 6.07) is 0. The zero-order valence-electron chi connectivity index (χ0n) is 8.38. The molecule has 0 rings (SSSR count). The van der Waals surface area contributed by atoms with Crippen molar-refractivity contribution in [2.75, 3.05) is 33.3 Å². The Kier molecular flexibility index (Phi) is 9.68. The number of nitrogens with zero attached hydrogens (tertiary/aromatic N) is 1. The minimum absolute atomic E-state index is 0. The molecule has 13 heavy (non-hydrogen) atoms. The summed E-state index contributed by atoms with van der Waals surface area (Å²) in [7, 11) is 2.13. The fourth-order valence-corrected chi connectivity index (χ4v) is 1.25. The lowest BCUT2D eigenvalue weighted by molar-refractivity contribution is -0.903. The molecule has 0 heterocycles. The SMILES string of the molecule is C=CCC[N+](C)(CC=C)CCO.[Cl-]. The lowest BCUT2D eigenvalue weighted by Gasteiger charge is -2.32. The summed E-state index contributed by atoms with van der Waals surface area (Å²) in [5, 5.41) is 8.85. The summed E-state index contributed by atoms with van der Waals surface area (Å²) in [5.74, 6) is 0. The molecular weight excluding hydrogens is 186 g/mol. The smallest absolute Gasteiger partial charge is 0.102 e. The highest BCUT2D eigenvalue weighted by atomic mass is 35.5. The Morgan fingerprint density at radius 3 is 2.23 bits per heavy atom. The van der Waals surface area contributed by atoms with E-state index in [1.807, 2.05) is 12.2 Å². The van der Waals surface area contributed by atoms with E-state index in [0.717, 1.165) is 30.5 Å². The molecule has 0 saturated carbocycles. The molecule has 0 aliphatic rings. The van der Waals surface area contributed by atoms with E-state index >= 15 is 0 Å². The van der Waals surface area contributed by atoms with Gasteiger partial charge in [0, 0.05) is 6.42 Å². The molecule has 0 aromatic rings. The van der Waals surface area contributed by atoms with Crippen LogP contribution in [0.25, 0.3) is 0 Å². The molecule has 1 unspecified atom stereocenters. The van der Waals surface area contributed by atoms with Gasteiger partial charge in [-0.2, -0.15) is 0 Å². The first-order valence-corrected chi connectivity index (χ1v) is 4.35. The lowest BCUT2D eigenvalue weighted by Crippen LogP contribution is -3.00. The fourth-order valence-electron chi connectivity index (χ4n) is 1.25. The summed E-state index contributed by atoms with van der Waals surface area (Å²) in [5.41, 5.74) is 0. The molecule has 0 amide bonds. The molecule has 0 aromatic carbocycles. The Morgan fingerprint density at radius 2 is 1.85 bits per heavy atom. The summed E-state index contributed by atoms with van der Waals surface area (Å²) < 4.78 is 0.853. The topological polar surface area (TPSA) is 20.2 Å². The van der Waals surface area contributed by atoms with Crippen molar-refractivity contribution in [3.05, 3.63) is 25.3 Å². The van der Waals surface area contributed by atoms with E-state index < -0.39 is 0 Å². The number of quaternary nitrogens is 1. The predicted octanol–water partition coefficient (Wildman–Crippen LogP) is -1.81. The molecule has 2 nitrogen and oxygen atoms in total. The van der Waals surface area contributed by atoms with Crippen LogP contribution >= 0.6 is 0 Å². The van der Waals surface area contributed by atoms with Crippen molar-refractivity contribution in [3.8, 4) is 0 Å². The van der Waals surface area contributed by atoms with E-state index in [0.29, 0.717) is 0 Å². The molecule has 0 saturated heterocycles. The van der Waals surface area contributed by atoms with Crippen molar-refractivity contribution in [1.29, 1.82) is 0 Å². The van der Waals surface area contributed by atoms with Gasteiger partial charge in [-0.15, -0.1) is 6.58 Å². The molecule has 0 aliphatic heterocycles. The maximum Gasteiger partial charge on any atom is 0.102 e. The second kappa shape index (κ2) is 8.30. The molecular formula is C10H20ClNO. The highest BCUT2D eigenvalue weighted by Gasteiger charge is 2.17. The minimum Gasteiger partial charge on any atom is -1.00 e. The molecule has 78 valence electrons. The molecule has 3 heteroatoms. The van der Waals surface area contributed by atoms with Crippen LogP contribution in [-0.4, -0.2) is 42.9 Å². The second-order valence-corrected chi connectivity index (χ2v) is 3.34. The third-order valence-corrected chi connectivity index (χ3v) is 2.08. The van der Waals surface area contributed by atoms with Crippen LogP contribution in [0.2, 0.25) is 0 Å². The second-order valence-electron chi connectivity index (χ2n) is 3.34. The number of likely N-dealkylation sites (N-methyl/N-ethyl adjacent to an activating group) is 1. The van der Waals surface area contributed by atoms with Gasteiger partial charge in [-0.3, -0.25) is 0 Å². The van der Waals surface area contributed by atoms with Crippen LogP contribution in [0.5, 0.6) is 0 Å². The average molecular weight is 206 g/mol. The Morgan fingerprint density at radius 1 is 1.23 bits per heavy atom. The van der Waals surface area contributed by atoms with Crippen molar-refractivity contribution in [1.82, 2.24) is 0 Å². The van der Waals surface area contributed by atoms with Crippen LogP contribution in [0.15, 0.2) is 25.3 Å². The number of rotatable bonds is 7. The normalized spacial score (nSPS) is 14.0. The van der Waals surface area contributed by atoms with Crippen molar-refractivity contribution < 1.29 is 22.0 Å². The van der Waals surface area contributed by atoms with Crippen molar-refractivity contribution >= 4 is 0 Å². The number of halogens is 1. The molecule has 0 radical (unpaired) electrons. The van der Waals surface area contributed by atoms with E-state index in [-0.39, 0.29) is 19.0 Å². The zero-order chi connectivity index (χ0) is 9.45. The lowest BCUT2D eigenvalue weighted by atomic mass is 10.3. The van der Waals surface area contributed by atoms with Crippen molar-refractivity contribution in [2.24, 2.45) is 0 Å². The Bertz CT molecular complexity index is 150. The predicted molar refractivity (Wildman–Crippen MR) is 52.9 cm³/mol. The van der Waals surface area contributed by atoms with E-state index in [4.69, 9.17) is 5.11 Å². The standard InChI is InChI=1S/C10H20NO.ClH/c1-4-6-8-11(3,7-5-2)9-10-12;/h4-5,12H,1-2,6-10H2,3H3;1H/q+1;/p-1. The Balaban J connectivity index is 0. The molecule has 0 fully saturated rings. The minimum atomic E-state index is 0. The van der Waals surface area contributed by atoms with Gasteiger partial charge in [0.15, 0.2) is 0 Å². The first kappa shape index (κ1) is 15.2. The first-order chi connectivity index (χ1) is 5.68. The molecule has 0 aliphatic carbocycles. The van der Waals surface area contributed by atoms with Crippen LogP contribution in [0.3, 0.4) is 0 Å². The molecule has 0 bridgehead atoms. The summed E-state index contributed by atoms with van der Waals surface area (Å²) in [6.45, 7) is 10.4. The molecule has 1 N–H and O–H groups in total. The fraction of sp³-hybridized carbons (Fsp3) is 0.600. The molecule has 0 aromatic heterocycles. The number of hydrogen-bond donors (Lipinski definition) is 1. The largest absolute Gasteiger partial charge is 1.00 e. The van der Waals surface area contributed by atoms with Gasteiger partial charge in [0.05, 0.1) is 26.7 Å². The van der Waals surface area contributed by atoms with Gasteiger partial charge in [0.1, 0.15) is 6.54 Å². The number of hydrogen-bond acceptors (Lipinski definition) is 1. The average Bonchev–Trinajstić information content (AvgIpc) is 2.02. The maximum absolute atomic E-state index is 8.85. The summed E-state index contributed by atoms with van der Waals surface area (Å²) in [4.78, 5) is 0. The van der Waals surface area contributed by atoms with Crippen LogP contribution in [0.4, 0.5) is 0 Å². The third-order valence-electron chi connectivity index (χ3n) is 2.08. The zero-order valence-corrected chi connectivity index (χ0v) is 9.13. The monoisotopic (exact) mass is 205 g/mol. The van der Waals surface area contributed by atoms with Crippen molar-refractivity contribution in [3.63, 3.8) is 0 Å². The highest BCUT2D eigenvalue weighted by Crippen LogP contribution is 2.03. The first-order valence-electron chi connectivity index (χ1n) is 4.35. The number of aliphatic hydroxyl groups excluding tert-OH is 1. The van der Waals surface area contributed by atoms with Gasteiger partial charge in [-0.25, -0.2) is 0 Å².